The van der Waals surface area contributed by atoms with Crippen LogP contribution in [0.15, 0.2) is 12.7 Å². The normalized spacial score (nSPS) is 7.56. The van der Waals surface area contributed by atoms with Gasteiger partial charge in [-0.25, -0.2) is 8.78 Å². The molecule has 0 bridgehead atoms. The van der Waals surface area contributed by atoms with E-state index in [-0.39, 0.29) is 36.6 Å². The molecule has 0 N–H and O–H groups in total. The predicted octanol–water partition coefficient (Wildman–Crippen LogP) is 2.82. The summed E-state index contributed by atoms with van der Waals surface area (Å²) in [5.41, 5.74) is 0. The fraction of sp³-hybridized carbons (Fsp3) is 0.667. The van der Waals surface area contributed by atoms with Crippen molar-refractivity contribution in [3.05, 3.63) is 12.7 Å². The Kier molecular flexibility index (Phi) is 42.8. The van der Waals surface area contributed by atoms with Crippen molar-refractivity contribution in [1.29, 1.82) is 0 Å². The quantitative estimate of drug-likeness (QED) is 0.619. The average Bonchev–Trinajstić information content (AvgIpc) is 1.88. The van der Waals surface area contributed by atoms with E-state index in [1.54, 1.807) is 0 Å². The van der Waals surface area contributed by atoms with Crippen molar-refractivity contribution in [3.63, 3.8) is 0 Å². The minimum atomic E-state index is -0.167. The van der Waals surface area contributed by atoms with E-state index >= 15 is 0 Å². The van der Waals surface area contributed by atoms with Crippen LogP contribution >= 0.6 is 0 Å². The van der Waals surface area contributed by atoms with Crippen molar-refractivity contribution in [2.75, 3.05) is 0 Å². The van der Waals surface area contributed by atoms with Gasteiger partial charge in [0.25, 0.3) is 0 Å². The van der Waals surface area contributed by atoms with E-state index in [9.17, 15) is 8.78 Å². The topological polar surface area (TPSA) is 0 Å². The monoisotopic (exact) mass is 242 g/mol. The zero-order valence-electron chi connectivity index (χ0n) is 5.82. The molecule has 0 aromatic rings. The first-order chi connectivity index (χ1) is 3.83. The van der Waals surface area contributed by atoms with Crippen molar-refractivity contribution in [1.82, 2.24) is 0 Å². The van der Waals surface area contributed by atoms with E-state index in [1.165, 1.54) is 12.8 Å². The molecule has 3 heteroatoms. The first-order valence-corrected chi connectivity index (χ1v) is 2.68. The van der Waals surface area contributed by atoms with E-state index < -0.39 is 0 Å². The molecule has 0 amide bonds. The summed E-state index contributed by atoms with van der Waals surface area (Å²) in [5, 5.41) is 0. The zero-order chi connectivity index (χ0) is 6.83. The molecule has 54 valence electrons. The van der Waals surface area contributed by atoms with Gasteiger partial charge in [-0.15, -0.1) is 0 Å². The van der Waals surface area contributed by atoms with Crippen LogP contribution in [0.2, 0.25) is 0 Å². The SMILES string of the molecule is CCCC.F/C=C/F.[Sn]. The standard InChI is InChI=1S/C4H10.C2H2F2.Sn/c1-3-4-2;3-1-2-4;/h3-4H2,1-2H3;1-2H;/b;2-1+;. The molecule has 0 aliphatic heterocycles. The Bertz CT molecular complexity index is 40.3. The van der Waals surface area contributed by atoms with E-state index in [4.69, 9.17) is 0 Å². The summed E-state index contributed by atoms with van der Waals surface area (Å²) in [6.45, 7) is 4.36. The van der Waals surface area contributed by atoms with Crippen LogP contribution in [0.25, 0.3) is 0 Å². The van der Waals surface area contributed by atoms with Crippen LogP contribution in [-0.4, -0.2) is 23.9 Å². The first-order valence-electron chi connectivity index (χ1n) is 2.68. The van der Waals surface area contributed by atoms with Gasteiger partial charge in [0.2, 0.25) is 0 Å². The van der Waals surface area contributed by atoms with E-state index in [1.807, 2.05) is 0 Å². The molecule has 0 unspecified atom stereocenters. The van der Waals surface area contributed by atoms with Gasteiger partial charge in [0, 0.05) is 23.9 Å². The Balaban J connectivity index is -0.0000000720. The Hall–Kier alpha value is 0.399. The number of unbranched alkanes of at least 4 members (excludes halogenated alkanes) is 1. The van der Waals surface area contributed by atoms with Gasteiger partial charge >= 0.3 is 0 Å². The second kappa shape index (κ2) is 23.8. The Morgan fingerprint density at radius 1 is 1.00 bits per heavy atom. The molecule has 0 aliphatic rings. The zero-order valence-corrected chi connectivity index (χ0v) is 8.68. The number of hydrogen-bond donors (Lipinski definition) is 0. The van der Waals surface area contributed by atoms with Gasteiger partial charge in [0.15, 0.2) is 0 Å². The third-order valence-electron chi connectivity index (χ3n) is 0.548. The Morgan fingerprint density at radius 2 is 1.22 bits per heavy atom. The number of halogens is 2. The van der Waals surface area contributed by atoms with Gasteiger partial charge in [-0.05, 0) is 0 Å². The third-order valence-corrected chi connectivity index (χ3v) is 0.548. The summed E-state index contributed by atoms with van der Waals surface area (Å²) in [5.74, 6) is 0. The van der Waals surface area contributed by atoms with Crippen LogP contribution in [0.3, 0.4) is 0 Å². The molecular weight excluding hydrogens is 229 g/mol. The molecule has 9 heavy (non-hydrogen) atoms. The van der Waals surface area contributed by atoms with Gasteiger partial charge in [-0.2, -0.15) is 0 Å². The maximum Gasteiger partial charge on any atom is 0.115 e. The van der Waals surface area contributed by atoms with Crippen LogP contribution < -0.4 is 0 Å². The molecule has 4 radical (unpaired) electrons. The fourth-order valence-electron chi connectivity index (χ4n) is 0. The molecule has 0 nitrogen and oxygen atoms in total. The molecule has 0 aromatic heterocycles. The molecule has 0 heterocycles. The summed E-state index contributed by atoms with van der Waals surface area (Å²) in [4.78, 5) is 0. The van der Waals surface area contributed by atoms with Gasteiger partial charge < -0.3 is 0 Å². The van der Waals surface area contributed by atoms with E-state index in [0.29, 0.717) is 0 Å². The molecular formula is C6H12F2Sn. The van der Waals surface area contributed by atoms with Crippen molar-refractivity contribution >= 4 is 23.9 Å². The first kappa shape index (κ1) is 16.2. The summed E-state index contributed by atoms with van der Waals surface area (Å²) >= 11 is 0. The fourth-order valence-corrected chi connectivity index (χ4v) is 0. The number of hydrogen-bond acceptors (Lipinski definition) is 0. The van der Waals surface area contributed by atoms with E-state index in [0.717, 1.165) is 0 Å². The van der Waals surface area contributed by atoms with Crippen molar-refractivity contribution in [3.8, 4) is 0 Å². The molecule has 0 atom stereocenters. The molecule has 0 rings (SSSR count). The Morgan fingerprint density at radius 3 is 1.22 bits per heavy atom. The van der Waals surface area contributed by atoms with Crippen LogP contribution in [0.1, 0.15) is 26.7 Å². The molecule has 0 spiro atoms. The maximum absolute atomic E-state index is 10.2. The average molecular weight is 241 g/mol. The van der Waals surface area contributed by atoms with Crippen molar-refractivity contribution < 1.29 is 8.78 Å². The van der Waals surface area contributed by atoms with Crippen LogP contribution in [0, 0.1) is 0 Å². The summed E-state index contributed by atoms with van der Waals surface area (Å²) in [6, 6.07) is 0. The second-order valence-corrected chi connectivity index (χ2v) is 1.25. The van der Waals surface area contributed by atoms with Crippen LogP contribution in [0.5, 0.6) is 0 Å². The number of rotatable bonds is 1. The van der Waals surface area contributed by atoms with Gasteiger partial charge in [-0.3, -0.25) is 0 Å². The van der Waals surface area contributed by atoms with Gasteiger partial charge in [0.1, 0.15) is 12.7 Å². The summed E-state index contributed by atoms with van der Waals surface area (Å²) < 4.78 is 20.3. The summed E-state index contributed by atoms with van der Waals surface area (Å²) in [6.07, 6.45) is 2.31. The van der Waals surface area contributed by atoms with Crippen molar-refractivity contribution in [2.24, 2.45) is 0 Å². The largest absolute Gasteiger partial charge is 0.213 e. The van der Waals surface area contributed by atoms with Gasteiger partial charge in [0.05, 0.1) is 0 Å². The predicted molar refractivity (Wildman–Crippen MR) is 37.7 cm³/mol. The van der Waals surface area contributed by atoms with E-state index in [2.05, 4.69) is 13.8 Å². The van der Waals surface area contributed by atoms with Gasteiger partial charge in [-0.1, -0.05) is 26.7 Å². The molecule has 0 aromatic carbocycles. The third kappa shape index (κ3) is 59.8. The second-order valence-electron chi connectivity index (χ2n) is 1.25. The molecule has 0 fully saturated rings. The molecule has 0 saturated carbocycles. The smallest absolute Gasteiger partial charge is 0.115 e. The minimum absolute atomic E-state index is 0. The Labute approximate surface area is 72.3 Å². The van der Waals surface area contributed by atoms with Crippen LogP contribution in [-0.2, 0) is 0 Å². The molecule has 0 aliphatic carbocycles. The minimum Gasteiger partial charge on any atom is -0.213 e. The summed E-state index contributed by atoms with van der Waals surface area (Å²) in [7, 11) is 0. The van der Waals surface area contributed by atoms with Crippen molar-refractivity contribution in [2.45, 2.75) is 26.7 Å². The molecule has 0 saturated heterocycles. The maximum atomic E-state index is 10.2. The van der Waals surface area contributed by atoms with Crippen LogP contribution in [0.4, 0.5) is 8.78 Å².